The molecule has 4 aliphatic heterocycles. The number of aromatic nitrogens is 3. The van der Waals surface area contributed by atoms with Crippen LogP contribution in [0.2, 0.25) is 0 Å². The van der Waals surface area contributed by atoms with E-state index in [1.807, 2.05) is 4.90 Å². The number of alkyl halides is 1. The van der Waals surface area contributed by atoms with Crippen LogP contribution in [0.5, 0.6) is 11.8 Å². The molecule has 2 aromatic carbocycles. The molecule has 0 radical (unpaired) electrons. The summed E-state index contributed by atoms with van der Waals surface area (Å²) in [5.74, 6) is 0.0635. The summed E-state index contributed by atoms with van der Waals surface area (Å²) in [4.78, 5) is 57.6. The van der Waals surface area contributed by atoms with Crippen LogP contribution in [-0.4, -0.2) is 93.4 Å². The number of aryl methyl sites for hydroxylation is 1. The van der Waals surface area contributed by atoms with E-state index >= 15 is 8.78 Å². The van der Waals surface area contributed by atoms with Gasteiger partial charge in [-0.25, -0.2) is 22.8 Å². The van der Waals surface area contributed by atoms with E-state index in [1.54, 1.807) is 25.7 Å². The number of amides is 1. The molecule has 1 amide bonds. The molecule has 0 N–H and O–H groups in total. The number of esters is 1. The van der Waals surface area contributed by atoms with Crippen molar-refractivity contribution in [3.8, 4) is 35.4 Å². The number of fused-ring (bicyclic) bond motifs is 5. The number of carbonyl (C=O) groups is 2. The maximum atomic E-state index is 17.5. The van der Waals surface area contributed by atoms with Crippen molar-refractivity contribution in [2.45, 2.75) is 90.2 Å². The highest BCUT2D eigenvalue weighted by Crippen LogP contribution is 2.43. The summed E-state index contributed by atoms with van der Waals surface area (Å²) in [5.41, 5.74) is -1.89. The molecule has 3 aromatic heterocycles. The number of benzene rings is 2. The fourth-order valence-corrected chi connectivity index (χ4v) is 9.30. The lowest BCUT2D eigenvalue weighted by molar-refractivity contribution is -0.142. The number of terminal acetylenes is 1. The number of rotatable bonds is 8. The van der Waals surface area contributed by atoms with Crippen molar-refractivity contribution in [3.05, 3.63) is 69.8 Å². The van der Waals surface area contributed by atoms with Gasteiger partial charge in [0, 0.05) is 43.2 Å². The van der Waals surface area contributed by atoms with E-state index < -0.39 is 46.6 Å². The van der Waals surface area contributed by atoms with Gasteiger partial charge in [-0.2, -0.15) is 9.97 Å². The molecule has 61 heavy (non-hydrogen) atoms. The third kappa shape index (κ3) is 7.19. The van der Waals surface area contributed by atoms with Crippen LogP contribution in [0.15, 0.2) is 44.1 Å². The zero-order valence-electron chi connectivity index (χ0n) is 34.1. The summed E-state index contributed by atoms with van der Waals surface area (Å²) < 4.78 is 75.0. The van der Waals surface area contributed by atoms with E-state index in [-0.39, 0.29) is 94.8 Å². The van der Waals surface area contributed by atoms with Crippen LogP contribution in [0.25, 0.3) is 32.9 Å². The Bertz CT molecular complexity index is 2690. The second kappa shape index (κ2) is 15.1. The second-order valence-electron chi connectivity index (χ2n) is 17.3. The van der Waals surface area contributed by atoms with Gasteiger partial charge in [-0.05, 0) is 83.5 Å². The molecule has 2 unspecified atom stereocenters. The molecule has 0 aliphatic carbocycles. The Labute approximate surface area is 348 Å². The predicted molar refractivity (Wildman–Crippen MR) is 215 cm³/mol. The van der Waals surface area contributed by atoms with Crippen LogP contribution < -0.4 is 20.2 Å². The van der Waals surface area contributed by atoms with Gasteiger partial charge in [0.2, 0.25) is 0 Å². The Kier molecular flexibility index (Phi) is 9.96. The minimum absolute atomic E-state index is 0.0687. The number of halogens is 3. The molecule has 14 nitrogen and oxygen atoms in total. The van der Waals surface area contributed by atoms with Crippen LogP contribution in [0, 0.1) is 36.3 Å². The molecule has 9 rings (SSSR count). The summed E-state index contributed by atoms with van der Waals surface area (Å²) >= 11 is 0. The number of carbonyl (C=O) groups excluding carboxylic acids is 2. The normalized spacial score (nSPS) is 22.5. The number of pyridine rings is 1. The Morgan fingerprint density at radius 1 is 1.08 bits per heavy atom. The van der Waals surface area contributed by atoms with Crippen molar-refractivity contribution < 1.29 is 45.8 Å². The summed E-state index contributed by atoms with van der Waals surface area (Å²) in [6.07, 6.45) is 8.85. The first kappa shape index (κ1) is 40.3. The minimum atomic E-state index is -1.00. The molecule has 4 fully saturated rings. The van der Waals surface area contributed by atoms with Gasteiger partial charge in [0.05, 0.1) is 34.0 Å². The summed E-state index contributed by atoms with van der Waals surface area (Å²) in [6.45, 7) is 8.04. The molecule has 318 valence electrons. The van der Waals surface area contributed by atoms with Gasteiger partial charge < -0.3 is 27.9 Å². The van der Waals surface area contributed by atoms with Gasteiger partial charge in [-0.1, -0.05) is 12.0 Å². The Balaban J connectivity index is 1.12. The average Bonchev–Trinajstić information content (AvgIpc) is 3.93. The van der Waals surface area contributed by atoms with Gasteiger partial charge in [-0.3, -0.25) is 19.6 Å². The van der Waals surface area contributed by atoms with Crippen LogP contribution in [-0.2, 0) is 16.1 Å². The van der Waals surface area contributed by atoms with Crippen molar-refractivity contribution in [1.82, 2.24) is 24.8 Å². The van der Waals surface area contributed by atoms with Crippen molar-refractivity contribution in [2.75, 3.05) is 37.7 Å². The van der Waals surface area contributed by atoms with Gasteiger partial charge in [-0.15, -0.1) is 6.42 Å². The Hall–Kier alpha value is -6.15. The topological polar surface area (TPSA) is 154 Å². The lowest BCUT2D eigenvalue weighted by Crippen LogP contribution is -2.56. The van der Waals surface area contributed by atoms with E-state index in [0.29, 0.717) is 37.0 Å². The quantitative estimate of drug-likeness (QED) is 0.0910. The van der Waals surface area contributed by atoms with Crippen molar-refractivity contribution >= 4 is 39.6 Å². The first-order valence-corrected chi connectivity index (χ1v) is 20.3. The average molecular weight is 841 g/mol. The van der Waals surface area contributed by atoms with Gasteiger partial charge in [0.15, 0.2) is 23.9 Å². The zero-order chi connectivity index (χ0) is 43.0. The highest BCUT2D eigenvalue weighted by atomic mass is 19.1. The number of nitrogens with zero attached hydrogens (tertiary/aromatic N) is 6. The van der Waals surface area contributed by atoms with E-state index in [0.717, 1.165) is 19.4 Å². The van der Waals surface area contributed by atoms with E-state index in [4.69, 9.17) is 34.5 Å². The highest BCUT2D eigenvalue weighted by Gasteiger charge is 2.50. The standard InChI is InChI=1S/C44H43F3N6O8/c1-6-29-32(46)11-8-24-14-28(60-39(54)43(3,4)5)15-30(34(24)29)36-35(47)37-31(17-48-36)38(50-40(49-37)58-22-44-12-7-13-52(44)18-25(45)16-44)51-19-26-9-10-27(20-51)53(26)41(55)57-21-33-23(2)59-42(56)61-33/h1,8,11,14-15,17,25-27H,7,9-10,12-13,16,18-22H2,2-5H3/t25-,26?,27?,44+/m1/s1. The molecular formula is C44H43F3N6O8. The van der Waals surface area contributed by atoms with Crippen LogP contribution in [0.4, 0.5) is 23.8 Å². The second-order valence-corrected chi connectivity index (χ2v) is 17.3. The van der Waals surface area contributed by atoms with E-state index in [9.17, 15) is 18.8 Å². The van der Waals surface area contributed by atoms with Crippen LogP contribution in [0.3, 0.4) is 0 Å². The fraction of sp³-hybridized carbons (Fsp3) is 0.455. The minimum Gasteiger partial charge on any atom is -0.461 e. The molecule has 0 saturated carbocycles. The molecular weight excluding hydrogens is 798 g/mol. The molecule has 4 atom stereocenters. The third-order valence-electron chi connectivity index (χ3n) is 12.3. The first-order valence-electron chi connectivity index (χ1n) is 20.3. The third-order valence-corrected chi connectivity index (χ3v) is 12.3. The number of hydrogen-bond acceptors (Lipinski definition) is 13. The highest BCUT2D eigenvalue weighted by molar-refractivity contribution is 6.03. The summed E-state index contributed by atoms with van der Waals surface area (Å²) in [7, 11) is 0. The van der Waals surface area contributed by atoms with Crippen molar-refractivity contribution in [2.24, 2.45) is 5.41 Å². The maximum absolute atomic E-state index is 17.5. The van der Waals surface area contributed by atoms with Crippen molar-refractivity contribution in [1.29, 1.82) is 0 Å². The number of hydrogen-bond donors (Lipinski definition) is 0. The maximum Gasteiger partial charge on any atom is 0.519 e. The molecule has 4 saturated heterocycles. The SMILES string of the molecule is C#Cc1c(F)ccc2cc(OC(=O)C(C)(C)C)cc(-c3ncc4c(N5CC6CCC(C5)N6C(=O)OCc5oc(=O)oc5C)nc(OC[C@@]56CCCN5C[C@H](F)C6)nc4c3F)c12. The summed E-state index contributed by atoms with van der Waals surface area (Å²) in [5, 5.41) is 0.807. The Morgan fingerprint density at radius 2 is 1.85 bits per heavy atom. The molecule has 4 aliphatic rings. The fourth-order valence-electron chi connectivity index (χ4n) is 9.30. The van der Waals surface area contributed by atoms with Gasteiger partial charge >= 0.3 is 23.9 Å². The van der Waals surface area contributed by atoms with E-state index in [1.165, 1.54) is 37.4 Å². The smallest absolute Gasteiger partial charge is 0.461 e. The molecule has 0 spiro atoms. The van der Waals surface area contributed by atoms with Gasteiger partial charge in [0.25, 0.3) is 0 Å². The van der Waals surface area contributed by atoms with Crippen molar-refractivity contribution in [3.63, 3.8) is 0 Å². The lowest BCUT2D eigenvalue weighted by Gasteiger charge is -2.41. The molecule has 5 aromatic rings. The monoisotopic (exact) mass is 840 g/mol. The zero-order valence-corrected chi connectivity index (χ0v) is 34.1. The number of anilines is 1. The molecule has 17 heteroatoms. The van der Waals surface area contributed by atoms with E-state index in [2.05, 4.69) is 20.8 Å². The molecule has 2 bridgehead atoms. The summed E-state index contributed by atoms with van der Waals surface area (Å²) in [6, 6.07) is 4.82. The largest absolute Gasteiger partial charge is 0.519 e. The number of ether oxygens (including phenoxy) is 3. The molecule has 7 heterocycles. The van der Waals surface area contributed by atoms with Crippen LogP contribution >= 0.6 is 0 Å². The Morgan fingerprint density at radius 3 is 2.56 bits per heavy atom. The van der Waals surface area contributed by atoms with Gasteiger partial charge in [0.1, 0.15) is 41.4 Å². The van der Waals surface area contributed by atoms with Crippen LogP contribution in [0.1, 0.15) is 70.0 Å². The predicted octanol–water partition coefficient (Wildman–Crippen LogP) is 6.86. The lowest BCUT2D eigenvalue weighted by atomic mass is 9.95. The number of piperazine rings is 1. The first-order chi connectivity index (χ1) is 29.1.